The highest BCUT2D eigenvalue weighted by atomic mass is 35.5. The molecule has 0 radical (unpaired) electrons. The third-order valence-electron chi connectivity index (χ3n) is 3.41. The van der Waals surface area contributed by atoms with Gasteiger partial charge in [0.05, 0.1) is 12.1 Å². The molecule has 1 saturated heterocycles. The minimum Gasteiger partial charge on any atom is -0.373 e. The predicted molar refractivity (Wildman–Crippen MR) is 82.4 cm³/mol. The minimum atomic E-state index is -0.731. The fourth-order valence-electron chi connectivity index (χ4n) is 2.41. The van der Waals surface area contributed by atoms with Crippen LogP contribution in [0.25, 0.3) is 0 Å². The highest BCUT2D eigenvalue weighted by Crippen LogP contribution is 2.27. The molecule has 1 unspecified atom stereocenters. The van der Waals surface area contributed by atoms with E-state index in [0.29, 0.717) is 10.7 Å². The van der Waals surface area contributed by atoms with Gasteiger partial charge in [-0.2, -0.15) is 0 Å². The molecule has 3 rings (SSSR count). The van der Waals surface area contributed by atoms with E-state index in [1.165, 1.54) is 18.2 Å². The molecule has 6 heteroatoms. The van der Waals surface area contributed by atoms with Crippen molar-refractivity contribution in [2.45, 2.75) is 12.5 Å². The first-order valence-electron chi connectivity index (χ1n) is 6.69. The Kier molecular flexibility index (Phi) is 3.81. The van der Waals surface area contributed by atoms with Crippen molar-refractivity contribution in [3.05, 3.63) is 59.4 Å². The molecule has 4 nitrogen and oxygen atoms in total. The maximum Gasteiger partial charge on any atom is 0.256 e. The number of nitrogens with zero attached hydrogens (tertiary/aromatic N) is 1. The highest BCUT2D eigenvalue weighted by molar-refractivity contribution is 6.30. The van der Waals surface area contributed by atoms with Gasteiger partial charge in [-0.05, 0) is 30.3 Å². The number of hydrogen-bond acceptors (Lipinski definition) is 3. The molecule has 0 spiro atoms. The van der Waals surface area contributed by atoms with Gasteiger partial charge in [0, 0.05) is 10.7 Å². The summed E-state index contributed by atoms with van der Waals surface area (Å²) in [5.41, 5.74) is 0.613. The van der Waals surface area contributed by atoms with Gasteiger partial charge >= 0.3 is 0 Å². The summed E-state index contributed by atoms with van der Waals surface area (Å²) in [6.45, 7) is 0. The lowest BCUT2D eigenvalue weighted by molar-refractivity contribution is -0.121. The van der Waals surface area contributed by atoms with E-state index in [2.05, 4.69) is 5.32 Å². The Hall–Kier alpha value is -2.40. The second kappa shape index (κ2) is 5.77. The number of amides is 2. The number of hydrogen-bond donors (Lipinski definition) is 1. The van der Waals surface area contributed by atoms with Crippen molar-refractivity contribution >= 4 is 34.8 Å². The standard InChI is InChI=1S/C16H12ClFN2O2/c17-10-4-3-5-11(8-10)19-13-9-15(21)20(16(13)22)14-7-2-1-6-12(14)18/h1-8,13,19H,9H2. The lowest BCUT2D eigenvalue weighted by Crippen LogP contribution is -2.35. The lowest BCUT2D eigenvalue weighted by atomic mass is 10.2. The Balaban J connectivity index is 1.84. The van der Waals surface area contributed by atoms with Crippen LogP contribution in [0.5, 0.6) is 0 Å². The summed E-state index contributed by atoms with van der Waals surface area (Å²) < 4.78 is 13.8. The van der Waals surface area contributed by atoms with Crippen LogP contribution in [0.15, 0.2) is 48.5 Å². The van der Waals surface area contributed by atoms with Gasteiger partial charge in [0.2, 0.25) is 5.91 Å². The van der Waals surface area contributed by atoms with Crippen molar-refractivity contribution in [2.75, 3.05) is 10.2 Å². The zero-order valence-corrected chi connectivity index (χ0v) is 12.2. The number of carbonyl (C=O) groups excluding carboxylic acids is 2. The minimum absolute atomic E-state index is 0.0205. The van der Waals surface area contributed by atoms with Crippen molar-refractivity contribution in [1.82, 2.24) is 0 Å². The quantitative estimate of drug-likeness (QED) is 0.884. The smallest absolute Gasteiger partial charge is 0.256 e. The monoisotopic (exact) mass is 318 g/mol. The highest BCUT2D eigenvalue weighted by Gasteiger charge is 2.40. The van der Waals surface area contributed by atoms with Crippen LogP contribution in [0.4, 0.5) is 15.8 Å². The molecule has 112 valence electrons. The van der Waals surface area contributed by atoms with Gasteiger partial charge in [-0.1, -0.05) is 29.8 Å². The summed E-state index contributed by atoms with van der Waals surface area (Å²) in [5, 5.41) is 3.48. The number of anilines is 2. The number of benzene rings is 2. The van der Waals surface area contributed by atoms with E-state index in [1.807, 2.05) is 0 Å². The summed E-state index contributed by atoms with van der Waals surface area (Å²) in [6, 6.07) is 11.8. The molecule has 0 bridgehead atoms. The van der Waals surface area contributed by atoms with Crippen LogP contribution in [-0.4, -0.2) is 17.9 Å². The van der Waals surface area contributed by atoms with Gasteiger partial charge in [-0.25, -0.2) is 9.29 Å². The van der Waals surface area contributed by atoms with Crippen LogP contribution >= 0.6 is 11.6 Å². The molecular formula is C16H12ClFN2O2. The molecular weight excluding hydrogens is 307 g/mol. The molecule has 0 aromatic heterocycles. The average molecular weight is 319 g/mol. The van der Waals surface area contributed by atoms with E-state index < -0.39 is 23.7 Å². The molecule has 1 aliphatic rings. The molecule has 2 aromatic carbocycles. The normalized spacial score (nSPS) is 17.9. The summed E-state index contributed by atoms with van der Waals surface area (Å²) in [4.78, 5) is 25.4. The summed E-state index contributed by atoms with van der Waals surface area (Å²) in [6.07, 6.45) is -0.0281. The topological polar surface area (TPSA) is 49.4 Å². The van der Waals surface area contributed by atoms with Gasteiger partial charge in [0.15, 0.2) is 0 Å². The van der Waals surface area contributed by atoms with E-state index in [9.17, 15) is 14.0 Å². The molecule has 1 aliphatic heterocycles. The number of imide groups is 1. The van der Waals surface area contributed by atoms with Crippen molar-refractivity contribution in [3.8, 4) is 0 Å². The Morgan fingerprint density at radius 3 is 2.64 bits per heavy atom. The molecule has 1 atom stereocenters. The van der Waals surface area contributed by atoms with Crippen LogP contribution in [-0.2, 0) is 9.59 Å². The van der Waals surface area contributed by atoms with E-state index in [1.54, 1.807) is 30.3 Å². The van der Waals surface area contributed by atoms with Crippen molar-refractivity contribution < 1.29 is 14.0 Å². The van der Waals surface area contributed by atoms with E-state index >= 15 is 0 Å². The second-order valence-electron chi connectivity index (χ2n) is 4.93. The molecule has 1 fully saturated rings. The summed E-state index contributed by atoms with van der Waals surface area (Å²) in [7, 11) is 0. The summed E-state index contributed by atoms with van der Waals surface area (Å²) in [5.74, 6) is -1.52. The number of halogens is 2. The first-order valence-corrected chi connectivity index (χ1v) is 7.07. The van der Waals surface area contributed by atoms with Crippen molar-refractivity contribution in [2.24, 2.45) is 0 Å². The fraction of sp³-hybridized carbons (Fsp3) is 0.125. The molecule has 2 aromatic rings. The zero-order chi connectivity index (χ0) is 15.7. The number of carbonyl (C=O) groups is 2. The molecule has 2 amide bonds. The predicted octanol–water partition coefficient (Wildman–Crippen LogP) is 3.22. The first-order chi connectivity index (χ1) is 10.6. The zero-order valence-electron chi connectivity index (χ0n) is 11.4. The van der Waals surface area contributed by atoms with Crippen LogP contribution in [0.3, 0.4) is 0 Å². The number of nitrogens with one attached hydrogen (secondary N) is 1. The maximum atomic E-state index is 13.8. The molecule has 1 N–H and O–H groups in total. The lowest BCUT2D eigenvalue weighted by Gasteiger charge is -2.16. The van der Waals surface area contributed by atoms with E-state index in [-0.39, 0.29) is 12.1 Å². The average Bonchev–Trinajstić information content (AvgIpc) is 2.74. The Labute approximate surface area is 131 Å². The van der Waals surface area contributed by atoms with Crippen LogP contribution in [0.2, 0.25) is 5.02 Å². The summed E-state index contributed by atoms with van der Waals surface area (Å²) >= 11 is 5.89. The third kappa shape index (κ3) is 2.67. The Morgan fingerprint density at radius 2 is 1.91 bits per heavy atom. The SMILES string of the molecule is O=C1CC(Nc2cccc(Cl)c2)C(=O)N1c1ccccc1F. The van der Waals surface area contributed by atoms with Gasteiger partial charge in [0.1, 0.15) is 11.9 Å². The van der Waals surface area contributed by atoms with E-state index in [0.717, 1.165) is 4.90 Å². The van der Waals surface area contributed by atoms with Gasteiger partial charge in [-0.3, -0.25) is 9.59 Å². The molecule has 0 saturated carbocycles. The first kappa shape index (κ1) is 14.5. The fourth-order valence-corrected chi connectivity index (χ4v) is 2.60. The van der Waals surface area contributed by atoms with Gasteiger partial charge in [0.25, 0.3) is 5.91 Å². The van der Waals surface area contributed by atoms with Crippen LogP contribution in [0, 0.1) is 5.82 Å². The van der Waals surface area contributed by atoms with Gasteiger partial charge in [-0.15, -0.1) is 0 Å². The largest absolute Gasteiger partial charge is 0.373 e. The van der Waals surface area contributed by atoms with Crippen LogP contribution in [0.1, 0.15) is 6.42 Å². The molecule has 0 aliphatic carbocycles. The van der Waals surface area contributed by atoms with Crippen molar-refractivity contribution in [3.63, 3.8) is 0 Å². The number of para-hydroxylation sites is 1. The Bertz CT molecular complexity index is 750. The second-order valence-corrected chi connectivity index (χ2v) is 5.37. The third-order valence-corrected chi connectivity index (χ3v) is 3.64. The maximum absolute atomic E-state index is 13.8. The molecule has 1 heterocycles. The van der Waals surface area contributed by atoms with Gasteiger partial charge < -0.3 is 5.32 Å². The van der Waals surface area contributed by atoms with E-state index in [4.69, 9.17) is 11.6 Å². The Morgan fingerprint density at radius 1 is 1.14 bits per heavy atom. The van der Waals surface area contributed by atoms with Crippen molar-refractivity contribution in [1.29, 1.82) is 0 Å². The van der Waals surface area contributed by atoms with Crippen LogP contribution < -0.4 is 10.2 Å². The number of rotatable bonds is 3. The molecule has 22 heavy (non-hydrogen) atoms.